The van der Waals surface area contributed by atoms with E-state index in [4.69, 9.17) is 11.6 Å². The van der Waals surface area contributed by atoms with Crippen molar-refractivity contribution in [2.75, 3.05) is 5.32 Å². The first-order valence-electron chi connectivity index (χ1n) is 7.96. The number of rotatable bonds is 5. The van der Waals surface area contributed by atoms with Crippen LogP contribution in [0, 0.1) is 0 Å². The molecule has 25 heavy (non-hydrogen) atoms. The molecule has 0 aliphatic carbocycles. The van der Waals surface area contributed by atoms with E-state index >= 15 is 0 Å². The molecule has 3 aromatic carbocycles. The van der Waals surface area contributed by atoms with Crippen LogP contribution in [0.1, 0.15) is 12.5 Å². The maximum Gasteiger partial charge on any atom is 0.262 e. The van der Waals surface area contributed by atoms with Gasteiger partial charge in [0.15, 0.2) is 0 Å². The molecule has 0 unspecified atom stereocenters. The number of fused-ring (bicyclic) bond motifs is 1. The minimum Gasteiger partial charge on any atom is -0.374 e. The maximum absolute atomic E-state index is 12.2. The predicted octanol–water partition coefficient (Wildman–Crippen LogP) is 4.44. The van der Waals surface area contributed by atoms with Crippen LogP contribution in [0.2, 0.25) is 5.02 Å². The van der Waals surface area contributed by atoms with E-state index in [1.807, 2.05) is 54.6 Å². The highest BCUT2D eigenvalue weighted by Crippen LogP contribution is 2.17. The quantitative estimate of drug-likeness (QED) is 0.527. The van der Waals surface area contributed by atoms with Crippen LogP contribution in [0.15, 0.2) is 71.8 Å². The van der Waals surface area contributed by atoms with Crippen molar-refractivity contribution in [3.63, 3.8) is 0 Å². The van der Waals surface area contributed by atoms with E-state index < -0.39 is 6.04 Å². The van der Waals surface area contributed by atoms with Crippen molar-refractivity contribution < 1.29 is 4.79 Å². The van der Waals surface area contributed by atoms with E-state index in [0.717, 1.165) is 22.0 Å². The molecule has 3 rings (SSSR count). The highest BCUT2D eigenvalue weighted by atomic mass is 35.5. The van der Waals surface area contributed by atoms with Gasteiger partial charge in [-0.2, -0.15) is 5.10 Å². The molecular weight excluding hydrogens is 334 g/mol. The number of benzene rings is 3. The van der Waals surface area contributed by atoms with Crippen LogP contribution < -0.4 is 10.7 Å². The summed E-state index contributed by atoms with van der Waals surface area (Å²) in [5.74, 6) is -0.216. The molecule has 2 N–H and O–H groups in total. The van der Waals surface area contributed by atoms with Crippen molar-refractivity contribution in [1.82, 2.24) is 5.43 Å². The number of hydrazone groups is 1. The third kappa shape index (κ3) is 4.37. The van der Waals surface area contributed by atoms with Gasteiger partial charge >= 0.3 is 0 Å². The lowest BCUT2D eigenvalue weighted by molar-refractivity contribution is -0.121. The SMILES string of the molecule is C[C@H](Nc1ccc(Cl)cc1)C(=O)N/N=C\c1cccc2ccccc12. The number of carbonyl (C=O) groups is 1. The Kier molecular flexibility index (Phi) is 5.31. The molecule has 0 bridgehead atoms. The number of nitrogens with zero attached hydrogens (tertiary/aromatic N) is 1. The van der Waals surface area contributed by atoms with Gasteiger partial charge in [-0.3, -0.25) is 4.79 Å². The summed E-state index contributed by atoms with van der Waals surface area (Å²) in [5.41, 5.74) is 4.35. The largest absolute Gasteiger partial charge is 0.374 e. The van der Waals surface area contributed by atoms with Crippen LogP contribution >= 0.6 is 11.6 Å². The average molecular weight is 352 g/mol. The van der Waals surface area contributed by atoms with Crippen molar-refractivity contribution in [1.29, 1.82) is 0 Å². The molecule has 1 atom stereocenters. The molecule has 0 fully saturated rings. The van der Waals surface area contributed by atoms with Gasteiger partial charge in [0.2, 0.25) is 0 Å². The van der Waals surface area contributed by atoms with Gasteiger partial charge in [0.25, 0.3) is 5.91 Å². The first-order valence-corrected chi connectivity index (χ1v) is 8.34. The smallest absolute Gasteiger partial charge is 0.262 e. The Morgan fingerprint density at radius 2 is 1.76 bits per heavy atom. The van der Waals surface area contributed by atoms with Crippen LogP contribution in [0.3, 0.4) is 0 Å². The summed E-state index contributed by atoms with van der Waals surface area (Å²) in [7, 11) is 0. The summed E-state index contributed by atoms with van der Waals surface area (Å²) in [6, 6.07) is 20.8. The van der Waals surface area contributed by atoms with Gasteiger partial charge in [-0.05, 0) is 42.0 Å². The fourth-order valence-electron chi connectivity index (χ4n) is 2.49. The molecule has 0 radical (unpaired) electrons. The molecule has 0 aliphatic heterocycles. The van der Waals surface area contributed by atoms with E-state index in [-0.39, 0.29) is 5.91 Å². The minimum atomic E-state index is -0.425. The molecule has 0 saturated carbocycles. The Morgan fingerprint density at radius 3 is 2.56 bits per heavy atom. The lowest BCUT2D eigenvalue weighted by Gasteiger charge is -2.13. The fourth-order valence-corrected chi connectivity index (χ4v) is 2.61. The fraction of sp³-hybridized carbons (Fsp3) is 0.100. The molecule has 4 nitrogen and oxygen atoms in total. The number of halogens is 1. The molecule has 0 spiro atoms. The number of hydrogen-bond acceptors (Lipinski definition) is 3. The topological polar surface area (TPSA) is 53.5 Å². The third-order valence-electron chi connectivity index (χ3n) is 3.82. The Morgan fingerprint density at radius 1 is 1.04 bits per heavy atom. The Bertz CT molecular complexity index is 901. The normalized spacial score (nSPS) is 12.2. The molecule has 0 aliphatic rings. The monoisotopic (exact) mass is 351 g/mol. The van der Waals surface area contributed by atoms with Gasteiger partial charge in [-0.1, -0.05) is 54.1 Å². The molecule has 5 heteroatoms. The lowest BCUT2D eigenvalue weighted by Crippen LogP contribution is -2.34. The second-order valence-electron chi connectivity index (χ2n) is 5.68. The zero-order valence-corrected chi connectivity index (χ0v) is 14.5. The van der Waals surface area contributed by atoms with Crippen molar-refractivity contribution in [2.24, 2.45) is 5.10 Å². The summed E-state index contributed by atoms with van der Waals surface area (Å²) < 4.78 is 0. The number of carbonyl (C=O) groups excluding carboxylic acids is 1. The molecular formula is C20H18ClN3O. The van der Waals surface area contributed by atoms with Crippen molar-refractivity contribution >= 4 is 40.2 Å². The zero-order valence-electron chi connectivity index (χ0n) is 13.7. The van der Waals surface area contributed by atoms with Gasteiger partial charge in [-0.25, -0.2) is 5.43 Å². The molecule has 0 aromatic heterocycles. The third-order valence-corrected chi connectivity index (χ3v) is 4.07. The van der Waals surface area contributed by atoms with Crippen LogP contribution in [-0.4, -0.2) is 18.2 Å². The van der Waals surface area contributed by atoms with Gasteiger partial charge in [0.05, 0.1) is 6.21 Å². The van der Waals surface area contributed by atoms with E-state index in [1.165, 1.54) is 0 Å². The Labute approximate surface area is 151 Å². The van der Waals surface area contributed by atoms with Crippen LogP contribution in [0.4, 0.5) is 5.69 Å². The van der Waals surface area contributed by atoms with E-state index in [1.54, 1.807) is 25.3 Å². The zero-order chi connectivity index (χ0) is 17.6. The molecule has 126 valence electrons. The van der Waals surface area contributed by atoms with Gasteiger partial charge in [-0.15, -0.1) is 0 Å². The summed E-state index contributed by atoms with van der Waals surface area (Å²) in [6.07, 6.45) is 1.66. The van der Waals surface area contributed by atoms with Crippen LogP contribution in [-0.2, 0) is 4.79 Å². The average Bonchev–Trinajstić information content (AvgIpc) is 2.63. The number of anilines is 1. The predicted molar refractivity (Wildman–Crippen MR) is 104 cm³/mol. The Hall–Kier alpha value is -2.85. The second-order valence-corrected chi connectivity index (χ2v) is 6.11. The summed E-state index contributed by atoms with van der Waals surface area (Å²) in [5, 5.41) is 10.1. The number of hydrogen-bond donors (Lipinski definition) is 2. The standard InChI is InChI=1S/C20H18ClN3O/c1-14(23-18-11-9-17(21)10-12-18)20(25)24-22-13-16-7-4-6-15-5-2-3-8-19(15)16/h2-14,23H,1H3,(H,24,25)/b22-13-/t14-/m0/s1. The van der Waals surface area contributed by atoms with E-state index in [9.17, 15) is 4.79 Å². The van der Waals surface area contributed by atoms with Gasteiger partial charge < -0.3 is 5.32 Å². The van der Waals surface area contributed by atoms with E-state index in [2.05, 4.69) is 15.8 Å². The van der Waals surface area contributed by atoms with Crippen molar-refractivity contribution in [3.05, 3.63) is 77.3 Å². The molecule has 3 aromatic rings. The minimum absolute atomic E-state index is 0.216. The highest BCUT2D eigenvalue weighted by molar-refractivity contribution is 6.30. The van der Waals surface area contributed by atoms with Crippen LogP contribution in [0.5, 0.6) is 0 Å². The van der Waals surface area contributed by atoms with E-state index in [0.29, 0.717) is 5.02 Å². The molecule has 1 amide bonds. The lowest BCUT2D eigenvalue weighted by atomic mass is 10.1. The molecule has 0 saturated heterocycles. The number of amides is 1. The first kappa shape index (κ1) is 17.0. The van der Waals surface area contributed by atoms with Crippen molar-refractivity contribution in [3.8, 4) is 0 Å². The molecule has 0 heterocycles. The Balaban J connectivity index is 1.62. The van der Waals surface area contributed by atoms with Gasteiger partial charge in [0.1, 0.15) is 6.04 Å². The number of nitrogens with one attached hydrogen (secondary N) is 2. The first-order chi connectivity index (χ1) is 12.1. The summed E-state index contributed by atoms with van der Waals surface area (Å²) >= 11 is 5.85. The summed E-state index contributed by atoms with van der Waals surface area (Å²) in [4.78, 5) is 12.2. The summed E-state index contributed by atoms with van der Waals surface area (Å²) in [6.45, 7) is 1.78. The maximum atomic E-state index is 12.2. The van der Waals surface area contributed by atoms with Crippen LogP contribution in [0.25, 0.3) is 10.8 Å². The van der Waals surface area contributed by atoms with Crippen molar-refractivity contribution in [2.45, 2.75) is 13.0 Å². The highest BCUT2D eigenvalue weighted by Gasteiger charge is 2.11. The second kappa shape index (κ2) is 7.81. The van der Waals surface area contributed by atoms with Gasteiger partial charge in [0, 0.05) is 16.3 Å².